The molecule has 1 aromatic carbocycles. The molecule has 0 bridgehead atoms. The van der Waals surface area contributed by atoms with Gasteiger partial charge in [-0.3, -0.25) is 9.78 Å². The average Bonchev–Trinajstić information content (AvgIpc) is 3.25. The molecule has 0 amide bonds. The fourth-order valence-electron chi connectivity index (χ4n) is 1.87. The van der Waals surface area contributed by atoms with Crippen LogP contribution in [0.4, 0.5) is 0 Å². The van der Waals surface area contributed by atoms with Gasteiger partial charge in [0.1, 0.15) is 5.75 Å². The van der Waals surface area contributed by atoms with Crippen molar-refractivity contribution in [3.8, 4) is 5.75 Å². The zero-order valence-corrected chi connectivity index (χ0v) is 10.6. The average molecular weight is 253 g/mol. The van der Waals surface area contributed by atoms with Crippen molar-refractivity contribution in [2.45, 2.75) is 25.4 Å². The summed E-state index contributed by atoms with van der Waals surface area (Å²) in [6, 6.07) is 13.0. The zero-order chi connectivity index (χ0) is 13.1. The SMILES string of the molecule is O=C(Cc1ccccn1)c1ccc(OC2CC2)cc1. The third-order valence-corrected chi connectivity index (χ3v) is 3.07. The van der Waals surface area contributed by atoms with Crippen LogP contribution >= 0.6 is 0 Å². The number of benzene rings is 1. The Morgan fingerprint density at radius 1 is 1.16 bits per heavy atom. The van der Waals surface area contributed by atoms with E-state index in [1.807, 2.05) is 42.5 Å². The summed E-state index contributed by atoms with van der Waals surface area (Å²) in [5.74, 6) is 0.925. The highest BCUT2D eigenvalue weighted by Crippen LogP contribution is 2.26. The van der Waals surface area contributed by atoms with E-state index in [9.17, 15) is 4.79 Å². The van der Waals surface area contributed by atoms with Crippen LogP contribution in [0.1, 0.15) is 28.9 Å². The minimum Gasteiger partial charge on any atom is -0.490 e. The molecule has 1 heterocycles. The van der Waals surface area contributed by atoms with Crippen LogP contribution in [0.3, 0.4) is 0 Å². The predicted molar refractivity (Wildman–Crippen MR) is 72.4 cm³/mol. The van der Waals surface area contributed by atoms with E-state index in [1.165, 1.54) is 0 Å². The van der Waals surface area contributed by atoms with Crippen LogP contribution in [0.25, 0.3) is 0 Å². The van der Waals surface area contributed by atoms with Gasteiger partial charge < -0.3 is 4.74 Å². The number of nitrogens with zero attached hydrogens (tertiary/aromatic N) is 1. The Hall–Kier alpha value is -2.16. The maximum absolute atomic E-state index is 12.1. The minimum absolute atomic E-state index is 0.0803. The maximum Gasteiger partial charge on any atom is 0.168 e. The molecule has 3 nitrogen and oxygen atoms in total. The molecular weight excluding hydrogens is 238 g/mol. The highest BCUT2D eigenvalue weighted by Gasteiger charge is 2.23. The van der Waals surface area contributed by atoms with E-state index >= 15 is 0 Å². The Kier molecular flexibility index (Phi) is 3.27. The third-order valence-electron chi connectivity index (χ3n) is 3.07. The first-order chi connectivity index (χ1) is 9.31. The van der Waals surface area contributed by atoms with Gasteiger partial charge in [0, 0.05) is 17.5 Å². The first-order valence-electron chi connectivity index (χ1n) is 6.51. The quantitative estimate of drug-likeness (QED) is 0.769. The fraction of sp³-hybridized carbons (Fsp3) is 0.250. The summed E-state index contributed by atoms with van der Waals surface area (Å²) in [5.41, 5.74) is 1.50. The number of Topliss-reactive ketones (excluding diaryl/α,β-unsaturated/α-hetero) is 1. The van der Waals surface area contributed by atoms with Gasteiger partial charge in [-0.1, -0.05) is 6.07 Å². The highest BCUT2D eigenvalue weighted by atomic mass is 16.5. The summed E-state index contributed by atoms with van der Waals surface area (Å²) in [7, 11) is 0. The minimum atomic E-state index is 0.0803. The second-order valence-electron chi connectivity index (χ2n) is 4.76. The molecule has 0 unspecified atom stereocenters. The van der Waals surface area contributed by atoms with Crippen molar-refractivity contribution in [3.63, 3.8) is 0 Å². The molecule has 0 atom stereocenters. The van der Waals surface area contributed by atoms with Gasteiger partial charge in [0.05, 0.1) is 12.5 Å². The lowest BCUT2D eigenvalue weighted by Crippen LogP contribution is -2.05. The van der Waals surface area contributed by atoms with Gasteiger partial charge in [-0.25, -0.2) is 0 Å². The summed E-state index contributed by atoms with van der Waals surface area (Å²) < 4.78 is 5.65. The standard InChI is InChI=1S/C16H15NO2/c18-16(11-13-3-1-2-10-17-13)12-4-6-14(7-5-12)19-15-8-9-15/h1-7,10,15H,8-9,11H2. The van der Waals surface area contributed by atoms with Gasteiger partial charge in [-0.05, 0) is 49.2 Å². The van der Waals surface area contributed by atoms with Crippen LogP contribution in [0.2, 0.25) is 0 Å². The van der Waals surface area contributed by atoms with Crippen molar-refractivity contribution in [3.05, 3.63) is 59.9 Å². The number of carbonyl (C=O) groups excluding carboxylic acids is 1. The third kappa shape index (κ3) is 3.19. The first kappa shape index (κ1) is 11.9. The molecule has 0 N–H and O–H groups in total. The van der Waals surface area contributed by atoms with Crippen LogP contribution < -0.4 is 4.74 Å². The lowest BCUT2D eigenvalue weighted by molar-refractivity contribution is 0.0992. The molecule has 1 fully saturated rings. The van der Waals surface area contributed by atoms with Gasteiger partial charge >= 0.3 is 0 Å². The van der Waals surface area contributed by atoms with E-state index in [-0.39, 0.29) is 5.78 Å². The predicted octanol–water partition coefficient (Wildman–Crippen LogP) is 3.05. The summed E-state index contributed by atoms with van der Waals surface area (Å²) in [5, 5.41) is 0. The van der Waals surface area contributed by atoms with Crippen molar-refractivity contribution >= 4 is 5.78 Å². The van der Waals surface area contributed by atoms with Crippen LogP contribution in [0.15, 0.2) is 48.7 Å². The molecule has 96 valence electrons. The van der Waals surface area contributed by atoms with Gasteiger partial charge in [-0.15, -0.1) is 0 Å². The highest BCUT2D eigenvalue weighted by molar-refractivity contribution is 5.97. The zero-order valence-electron chi connectivity index (χ0n) is 10.6. The van der Waals surface area contributed by atoms with Gasteiger partial charge in [0.2, 0.25) is 0 Å². The van der Waals surface area contributed by atoms with Gasteiger partial charge in [0.15, 0.2) is 5.78 Å². The Morgan fingerprint density at radius 3 is 2.58 bits per heavy atom. The number of pyridine rings is 1. The molecule has 3 heteroatoms. The molecule has 1 saturated carbocycles. The molecule has 1 aromatic heterocycles. The number of hydrogen-bond acceptors (Lipinski definition) is 3. The van der Waals surface area contributed by atoms with Crippen molar-refractivity contribution in [2.24, 2.45) is 0 Å². The van der Waals surface area contributed by atoms with E-state index in [2.05, 4.69) is 4.98 Å². The monoisotopic (exact) mass is 253 g/mol. The topological polar surface area (TPSA) is 39.2 Å². The Balaban J connectivity index is 1.65. The lowest BCUT2D eigenvalue weighted by atomic mass is 10.1. The molecule has 2 aromatic rings. The number of carbonyl (C=O) groups is 1. The van der Waals surface area contributed by atoms with E-state index in [4.69, 9.17) is 4.74 Å². The van der Waals surface area contributed by atoms with Crippen molar-refractivity contribution in [2.75, 3.05) is 0 Å². The number of rotatable bonds is 5. The number of hydrogen-bond donors (Lipinski definition) is 0. The molecule has 1 aliphatic carbocycles. The van der Waals surface area contributed by atoms with E-state index in [1.54, 1.807) is 6.20 Å². The Morgan fingerprint density at radius 2 is 1.95 bits per heavy atom. The number of aromatic nitrogens is 1. The largest absolute Gasteiger partial charge is 0.490 e. The second-order valence-corrected chi connectivity index (χ2v) is 4.76. The maximum atomic E-state index is 12.1. The lowest BCUT2D eigenvalue weighted by Gasteiger charge is -2.05. The molecule has 3 rings (SSSR count). The van der Waals surface area contributed by atoms with E-state index in [0.717, 1.165) is 24.3 Å². The van der Waals surface area contributed by atoms with Gasteiger partial charge in [-0.2, -0.15) is 0 Å². The van der Waals surface area contributed by atoms with Crippen LogP contribution in [-0.2, 0) is 6.42 Å². The molecule has 1 aliphatic rings. The van der Waals surface area contributed by atoms with Crippen molar-refractivity contribution in [1.82, 2.24) is 4.98 Å². The normalized spacial score (nSPS) is 14.1. The number of ketones is 1. The summed E-state index contributed by atoms with van der Waals surface area (Å²) in [6.45, 7) is 0. The van der Waals surface area contributed by atoms with Crippen molar-refractivity contribution < 1.29 is 9.53 Å². The molecular formula is C16H15NO2. The van der Waals surface area contributed by atoms with Crippen molar-refractivity contribution in [1.29, 1.82) is 0 Å². The van der Waals surface area contributed by atoms with Crippen LogP contribution in [0, 0.1) is 0 Å². The van der Waals surface area contributed by atoms with E-state index in [0.29, 0.717) is 18.1 Å². The summed E-state index contributed by atoms with van der Waals surface area (Å²) in [6.07, 6.45) is 4.70. The molecule has 0 radical (unpaired) electrons. The van der Waals surface area contributed by atoms with Gasteiger partial charge in [0.25, 0.3) is 0 Å². The summed E-state index contributed by atoms with van der Waals surface area (Å²) in [4.78, 5) is 16.2. The molecule has 0 saturated heterocycles. The second kappa shape index (κ2) is 5.22. The molecule has 0 aliphatic heterocycles. The fourth-order valence-corrected chi connectivity index (χ4v) is 1.87. The molecule has 19 heavy (non-hydrogen) atoms. The molecule has 0 spiro atoms. The van der Waals surface area contributed by atoms with E-state index < -0.39 is 0 Å². The Bertz CT molecular complexity index is 559. The number of ether oxygens (including phenoxy) is 1. The Labute approximate surface area is 112 Å². The summed E-state index contributed by atoms with van der Waals surface area (Å²) >= 11 is 0. The van der Waals surface area contributed by atoms with Crippen LogP contribution in [-0.4, -0.2) is 16.9 Å². The van der Waals surface area contributed by atoms with Crippen LogP contribution in [0.5, 0.6) is 5.75 Å². The smallest absolute Gasteiger partial charge is 0.168 e. The first-order valence-corrected chi connectivity index (χ1v) is 6.51.